The van der Waals surface area contributed by atoms with Crippen LogP contribution in [0.2, 0.25) is 0 Å². The van der Waals surface area contributed by atoms with E-state index in [4.69, 9.17) is 10.8 Å². The summed E-state index contributed by atoms with van der Waals surface area (Å²) in [5, 5.41) is 11.8. The summed E-state index contributed by atoms with van der Waals surface area (Å²) in [5.41, 5.74) is 8.01. The van der Waals surface area contributed by atoms with Crippen molar-refractivity contribution >= 4 is 27.6 Å². The molecular formula is C21H25F3N4O3S. The third-order valence-corrected chi connectivity index (χ3v) is 5.83. The molecule has 0 fully saturated rings. The highest BCUT2D eigenvalue weighted by molar-refractivity contribution is 7.89. The van der Waals surface area contributed by atoms with Crippen LogP contribution in [-0.4, -0.2) is 52.2 Å². The molecule has 0 atom stereocenters. The lowest BCUT2D eigenvalue weighted by Crippen LogP contribution is -2.26. The van der Waals surface area contributed by atoms with Crippen LogP contribution < -0.4 is 15.8 Å². The fourth-order valence-corrected chi connectivity index (χ4v) is 3.32. The highest BCUT2D eigenvalue weighted by Gasteiger charge is 2.30. The second-order valence-electron chi connectivity index (χ2n) is 6.69. The number of nitrogens with one attached hydrogen (secondary N) is 2. The lowest BCUT2D eigenvalue weighted by molar-refractivity contribution is -0.137. The number of nitrogens with two attached hydrogens (primary N) is 1. The van der Waals surface area contributed by atoms with Crippen molar-refractivity contribution in [2.24, 2.45) is 10.7 Å². The van der Waals surface area contributed by atoms with Crippen LogP contribution in [0, 0.1) is 0 Å². The summed E-state index contributed by atoms with van der Waals surface area (Å²) < 4.78 is 64.0. The predicted octanol–water partition coefficient (Wildman–Crippen LogP) is 2.70. The molecular weight excluding hydrogens is 445 g/mol. The Labute approximate surface area is 184 Å². The average Bonchev–Trinajstić information content (AvgIpc) is 2.76. The summed E-state index contributed by atoms with van der Waals surface area (Å²) in [4.78, 5) is 3.96. The molecule has 5 N–H and O–H groups in total. The smallest absolute Gasteiger partial charge is 0.398 e. The summed E-state index contributed by atoms with van der Waals surface area (Å²) >= 11 is 0. The monoisotopic (exact) mass is 470 g/mol. The highest BCUT2D eigenvalue weighted by Crippen LogP contribution is 2.32. The third-order valence-electron chi connectivity index (χ3n) is 4.46. The molecule has 32 heavy (non-hydrogen) atoms. The molecule has 0 saturated heterocycles. The van der Waals surface area contributed by atoms with E-state index in [0.717, 1.165) is 12.1 Å². The lowest BCUT2D eigenvalue weighted by atomic mass is 9.99. The van der Waals surface area contributed by atoms with Gasteiger partial charge in [0, 0.05) is 29.7 Å². The molecule has 0 radical (unpaired) electrons. The zero-order valence-corrected chi connectivity index (χ0v) is 18.2. The van der Waals surface area contributed by atoms with Crippen molar-refractivity contribution in [3.8, 4) is 11.1 Å². The third kappa shape index (κ3) is 7.36. The molecule has 2 rings (SSSR count). The maximum atomic E-state index is 12.8. The average molecular weight is 471 g/mol. The Kier molecular flexibility index (Phi) is 8.81. The Bertz CT molecular complexity index is 1070. The molecule has 0 aliphatic rings. The number of aliphatic hydroxyl groups excluding tert-OH is 1. The van der Waals surface area contributed by atoms with Crippen molar-refractivity contribution in [3.63, 3.8) is 0 Å². The van der Waals surface area contributed by atoms with Crippen LogP contribution in [0.4, 0.5) is 18.9 Å². The second kappa shape index (κ2) is 11.1. The number of halogens is 3. The van der Waals surface area contributed by atoms with Gasteiger partial charge in [0.2, 0.25) is 10.0 Å². The van der Waals surface area contributed by atoms with Crippen molar-refractivity contribution in [1.29, 1.82) is 0 Å². The first-order valence-electron chi connectivity index (χ1n) is 9.61. The quantitative estimate of drug-likeness (QED) is 0.399. The standard InChI is InChI=1S/C21H25F3N4O3S/c1-26-32(30,31)13-11-28-20-7-4-16(14-18(20)19(25)8-9-27-10-12-29)15-2-5-17(6-3-15)21(22,23)24/h2-9,14,26,28-29H,10-13,25H2,1H3. The zero-order valence-electron chi connectivity index (χ0n) is 17.4. The summed E-state index contributed by atoms with van der Waals surface area (Å²) in [7, 11) is -2.08. The number of hydrogen-bond donors (Lipinski definition) is 4. The van der Waals surface area contributed by atoms with Gasteiger partial charge in [-0.25, -0.2) is 13.1 Å². The molecule has 0 heterocycles. The van der Waals surface area contributed by atoms with Crippen LogP contribution in [-0.2, 0) is 16.2 Å². The normalized spacial score (nSPS) is 13.0. The summed E-state index contributed by atoms with van der Waals surface area (Å²) in [5.74, 6) is -0.162. The maximum absolute atomic E-state index is 12.8. The number of anilines is 1. The van der Waals surface area contributed by atoms with Gasteiger partial charge >= 0.3 is 6.18 Å². The topological polar surface area (TPSA) is 117 Å². The Morgan fingerprint density at radius 2 is 1.81 bits per heavy atom. The zero-order chi connectivity index (χ0) is 23.8. The van der Waals surface area contributed by atoms with Crippen LogP contribution in [0.25, 0.3) is 16.8 Å². The molecule has 174 valence electrons. The van der Waals surface area contributed by atoms with E-state index >= 15 is 0 Å². The first-order valence-corrected chi connectivity index (χ1v) is 11.3. The number of nitrogens with zero attached hydrogens (tertiary/aromatic N) is 1. The van der Waals surface area contributed by atoms with Crippen molar-refractivity contribution in [2.75, 3.05) is 37.8 Å². The second-order valence-corrected chi connectivity index (χ2v) is 8.73. The van der Waals surface area contributed by atoms with Gasteiger partial charge in [0.1, 0.15) is 0 Å². The van der Waals surface area contributed by atoms with E-state index in [-0.39, 0.29) is 25.4 Å². The van der Waals surface area contributed by atoms with Crippen LogP contribution in [0.1, 0.15) is 11.1 Å². The lowest BCUT2D eigenvalue weighted by Gasteiger charge is -2.15. The molecule has 0 aliphatic heterocycles. The van der Waals surface area contributed by atoms with Crippen LogP contribution >= 0.6 is 0 Å². The number of aliphatic imine (C=N–C) groups is 1. The van der Waals surface area contributed by atoms with Gasteiger partial charge < -0.3 is 16.2 Å². The van der Waals surface area contributed by atoms with Crippen molar-refractivity contribution in [3.05, 3.63) is 59.7 Å². The molecule has 2 aromatic carbocycles. The molecule has 0 saturated carbocycles. The SMILES string of the molecule is CNS(=O)(=O)CCNc1ccc(-c2ccc(C(F)(F)F)cc2)cc1C(N)=CC=NCCO. The van der Waals surface area contributed by atoms with Crippen LogP contribution in [0.5, 0.6) is 0 Å². The van der Waals surface area contributed by atoms with Gasteiger partial charge in [-0.3, -0.25) is 4.99 Å². The molecule has 0 aromatic heterocycles. The van der Waals surface area contributed by atoms with Gasteiger partial charge in [0.25, 0.3) is 0 Å². The van der Waals surface area contributed by atoms with Gasteiger partial charge in [0.15, 0.2) is 0 Å². The van der Waals surface area contributed by atoms with E-state index in [9.17, 15) is 21.6 Å². The predicted molar refractivity (Wildman–Crippen MR) is 121 cm³/mol. The van der Waals surface area contributed by atoms with Gasteiger partial charge in [0.05, 0.1) is 24.5 Å². The van der Waals surface area contributed by atoms with Gasteiger partial charge in [-0.1, -0.05) is 18.2 Å². The van der Waals surface area contributed by atoms with E-state index in [1.807, 2.05) is 0 Å². The molecule has 2 aromatic rings. The van der Waals surface area contributed by atoms with E-state index in [2.05, 4.69) is 15.0 Å². The number of aliphatic hydroxyl groups is 1. The minimum absolute atomic E-state index is 0.111. The number of rotatable bonds is 10. The van der Waals surface area contributed by atoms with Gasteiger partial charge in [-0.2, -0.15) is 13.2 Å². The first kappa shape index (κ1) is 25.4. The molecule has 7 nitrogen and oxygen atoms in total. The Morgan fingerprint density at radius 1 is 1.16 bits per heavy atom. The number of alkyl halides is 3. The minimum atomic E-state index is -4.42. The first-order chi connectivity index (χ1) is 15.1. The summed E-state index contributed by atoms with van der Waals surface area (Å²) in [6, 6.07) is 9.83. The Hall–Kier alpha value is -2.89. The molecule has 0 aliphatic carbocycles. The van der Waals surface area contributed by atoms with Crippen molar-refractivity contribution in [2.45, 2.75) is 6.18 Å². The van der Waals surface area contributed by atoms with Crippen LogP contribution in [0.15, 0.2) is 53.5 Å². The molecule has 0 spiro atoms. The molecule has 0 bridgehead atoms. The van der Waals surface area contributed by atoms with E-state index in [1.165, 1.54) is 31.5 Å². The summed E-state index contributed by atoms with van der Waals surface area (Å²) in [6.45, 7) is 0.213. The van der Waals surface area contributed by atoms with Crippen LogP contribution in [0.3, 0.4) is 0 Å². The number of benzene rings is 2. The van der Waals surface area contributed by atoms with Crippen molar-refractivity contribution < 1.29 is 26.7 Å². The van der Waals surface area contributed by atoms with E-state index in [0.29, 0.717) is 28.1 Å². The summed E-state index contributed by atoms with van der Waals surface area (Å²) in [6.07, 6.45) is -1.46. The Morgan fingerprint density at radius 3 is 2.41 bits per heavy atom. The maximum Gasteiger partial charge on any atom is 0.416 e. The number of hydrogen-bond acceptors (Lipinski definition) is 6. The highest BCUT2D eigenvalue weighted by atomic mass is 32.2. The molecule has 11 heteroatoms. The fourth-order valence-electron chi connectivity index (χ4n) is 2.75. The van der Waals surface area contributed by atoms with Gasteiger partial charge in [-0.15, -0.1) is 0 Å². The van der Waals surface area contributed by atoms with E-state index < -0.39 is 21.8 Å². The number of allylic oxidation sites excluding steroid dienone is 1. The van der Waals surface area contributed by atoms with Crippen molar-refractivity contribution in [1.82, 2.24) is 4.72 Å². The van der Waals surface area contributed by atoms with E-state index in [1.54, 1.807) is 18.2 Å². The molecule has 0 unspecified atom stereocenters. The fraction of sp³-hybridized carbons (Fsp3) is 0.286. The minimum Gasteiger partial charge on any atom is -0.398 e. The van der Waals surface area contributed by atoms with Gasteiger partial charge in [-0.05, 0) is 48.5 Å². The Balaban J connectivity index is 2.38. The largest absolute Gasteiger partial charge is 0.416 e. The molecule has 0 amide bonds. The number of sulfonamides is 1.